The molecule has 49 heavy (non-hydrogen) atoms. The fourth-order valence-electron chi connectivity index (χ4n) is 8.10. The first-order chi connectivity index (χ1) is 23.5. The van der Waals surface area contributed by atoms with Crippen molar-refractivity contribution in [3.63, 3.8) is 0 Å². The van der Waals surface area contributed by atoms with Gasteiger partial charge in [0.25, 0.3) is 0 Å². The second kappa shape index (κ2) is 11.7. The number of ether oxygens (including phenoxy) is 4. The monoisotopic (exact) mass is 674 g/mol. The average molecular weight is 675 g/mol. The molecule has 5 aliphatic heterocycles. The first-order valence-electron chi connectivity index (χ1n) is 16.9. The van der Waals surface area contributed by atoms with Crippen molar-refractivity contribution in [1.29, 1.82) is 0 Å². The molecule has 4 aromatic rings. The number of rotatable bonds is 4. The van der Waals surface area contributed by atoms with Crippen LogP contribution in [0.1, 0.15) is 77.2 Å². The van der Waals surface area contributed by atoms with Crippen molar-refractivity contribution in [2.24, 2.45) is 9.98 Å². The lowest BCUT2D eigenvalue weighted by atomic mass is 9.89. The van der Waals surface area contributed by atoms with E-state index in [-0.39, 0.29) is 24.9 Å². The molecule has 9 heterocycles. The van der Waals surface area contributed by atoms with E-state index in [1.165, 1.54) is 13.3 Å². The van der Waals surface area contributed by atoms with Gasteiger partial charge in [-0.05, 0) is 34.1 Å². The van der Waals surface area contributed by atoms with Gasteiger partial charge in [0.1, 0.15) is 65.4 Å². The Bertz CT molecular complexity index is 1970. The molecule has 3 saturated heterocycles. The summed E-state index contributed by atoms with van der Waals surface area (Å²) in [6.45, 7) is 10.9. The molecule has 9 rings (SSSR count). The smallest absolute Gasteiger partial charge is 0.179 e. The highest BCUT2D eigenvalue weighted by atomic mass is 16.8. The summed E-state index contributed by atoms with van der Waals surface area (Å²) in [7, 11) is 0. The molecule has 0 spiro atoms. The van der Waals surface area contributed by atoms with Crippen LogP contribution >= 0.6 is 0 Å². The molecule has 0 bridgehead atoms. The van der Waals surface area contributed by atoms with E-state index in [0.29, 0.717) is 16.9 Å². The van der Waals surface area contributed by atoms with E-state index in [9.17, 15) is 15.3 Å². The van der Waals surface area contributed by atoms with Crippen molar-refractivity contribution in [1.82, 2.24) is 29.1 Å². The standard InChI is InChI=1S/C19H24N4O3.C15H18N4O4/c1-5-12-16-19(4,26-18(2,3)25-16)15(24-12)11-9-23-8-6-7-20-17-14(23)13(11)21-10-22-17;1-15(22)12(21)9(6-20)23-13(15)8-5-19-4-2-3-16-14-11(19)10(8)17-7-18-14/h7,9-10,12,15-16H,5-6,8H2,1-4H3;3,5,7,9,12-13,20-22H,2,4,6H2,1H3/t12-,15+,16-,19+;9-,12-,13+,15-/m11/s1. The molecule has 3 fully saturated rings. The number of aliphatic hydroxyl groups excluding tert-OH is 2. The van der Waals surface area contributed by atoms with Crippen LogP contribution in [0.3, 0.4) is 0 Å². The minimum absolute atomic E-state index is 0.00240. The number of hydrogen-bond acceptors (Lipinski definition) is 13. The van der Waals surface area contributed by atoms with Gasteiger partial charge in [0.15, 0.2) is 17.4 Å². The van der Waals surface area contributed by atoms with Crippen molar-refractivity contribution in [2.75, 3.05) is 6.61 Å². The van der Waals surface area contributed by atoms with Crippen LogP contribution in [0.4, 0.5) is 11.6 Å². The predicted octanol–water partition coefficient (Wildman–Crippen LogP) is 3.38. The summed E-state index contributed by atoms with van der Waals surface area (Å²) in [5.74, 6) is 0.674. The van der Waals surface area contributed by atoms with Crippen molar-refractivity contribution in [3.8, 4) is 0 Å². The van der Waals surface area contributed by atoms with E-state index in [1.807, 2.05) is 37.0 Å². The Balaban J connectivity index is 0.000000143. The van der Waals surface area contributed by atoms with Gasteiger partial charge in [-0.25, -0.2) is 29.9 Å². The lowest BCUT2D eigenvalue weighted by Crippen LogP contribution is -2.42. The number of fused-ring (bicyclic) bond motifs is 1. The molecule has 0 aromatic carbocycles. The molecular weight excluding hydrogens is 632 g/mol. The lowest BCUT2D eigenvalue weighted by molar-refractivity contribution is -0.204. The van der Waals surface area contributed by atoms with Crippen LogP contribution in [-0.4, -0.2) is 105 Å². The Labute approximate surface area is 282 Å². The third kappa shape index (κ3) is 5.05. The van der Waals surface area contributed by atoms with Gasteiger partial charge in [-0.1, -0.05) is 6.92 Å². The molecular formula is C34H42N8O7. The lowest BCUT2D eigenvalue weighted by Gasteiger charge is -2.29. The molecule has 0 aliphatic carbocycles. The summed E-state index contributed by atoms with van der Waals surface area (Å²) < 4.78 is 29.0. The Morgan fingerprint density at radius 1 is 0.816 bits per heavy atom. The van der Waals surface area contributed by atoms with Gasteiger partial charge in [-0.15, -0.1) is 0 Å². The molecule has 15 nitrogen and oxygen atoms in total. The van der Waals surface area contributed by atoms with Gasteiger partial charge in [0.05, 0.1) is 23.7 Å². The first kappa shape index (κ1) is 32.5. The van der Waals surface area contributed by atoms with Crippen LogP contribution in [0.2, 0.25) is 0 Å². The summed E-state index contributed by atoms with van der Waals surface area (Å²) in [5.41, 5.74) is 2.92. The van der Waals surface area contributed by atoms with Gasteiger partial charge < -0.3 is 43.4 Å². The summed E-state index contributed by atoms with van der Waals surface area (Å²) in [6.07, 6.45) is 10.1. The number of hydrogen-bond donors (Lipinski definition) is 3. The van der Waals surface area contributed by atoms with Gasteiger partial charge in [0.2, 0.25) is 0 Å². The van der Waals surface area contributed by atoms with Crippen LogP contribution in [0.5, 0.6) is 0 Å². The Morgan fingerprint density at radius 3 is 1.90 bits per heavy atom. The fourth-order valence-corrected chi connectivity index (χ4v) is 8.10. The van der Waals surface area contributed by atoms with Crippen molar-refractivity contribution >= 4 is 46.1 Å². The molecule has 0 amide bonds. The summed E-state index contributed by atoms with van der Waals surface area (Å²) in [4.78, 5) is 26.3. The summed E-state index contributed by atoms with van der Waals surface area (Å²) >= 11 is 0. The topological polar surface area (TPSA) is 184 Å². The van der Waals surface area contributed by atoms with Crippen LogP contribution < -0.4 is 0 Å². The maximum atomic E-state index is 10.7. The van der Waals surface area contributed by atoms with Crippen molar-refractivity contribution in [2.45, 2.75) is 121 Å². The zero-order valence-corrected chi connectivity index (χ0v) is 28.2. The molecule has 3 N–H and O–H groups in total. The van der Waals surface area contributed by atoms with E-state index in [2.05, 4.69) is 54.5 Å². The molecule has 0 radical (unpaired) electrons. The minimum Gasteiger partial charge on any atom is -0.394 e. The molecule has 0 unspecified atom stereocenters. The third-order valence-corrected chi connectivity index (χ3v) is 10.3. The first-order valence-corrected chi connectivity index (χ1v) is 16.9. The van der Waals surface area contributed by atoms with Gasteiger partial charge >= 0.3 is 0 Å². The molecule has 0 saturated carbocycles. The van der Waals surface area contributed by atoms with Crippen LogP contribution in [0, 0.1) is 0 Å². The summed E-state index contributed by atoms with van der Waals surface area (Å²) in [6, 6.07) is 0. The largest absolute Gasteiger partial charge is 0.394 e. The quantitative estimate of drug-likeness (QED) is 0.288. The second-order valence-electron chi connectivity index (χ2n) is 14.1. The maximum Gasteiger partial charge on any atom is 0.179 e. The van der Waals surface area contributed by atoms with E-state index in [1.54, 1.807) is 6.33 Å². The third-order valence-electron chi connectivity index (χ3n) is 10.3. The molecule has 5 aliphatic rings. The molecule has 15 heteroatoms. The normalized spacial score (nSPS) is 34.2. The van der Waals surface area contributed by atoms with Crippen LogP contribution in [0.15, 0.2) is 35.0 Å². The molecule has 8 atom stereocenters. The van der Waals surface area contributed by atoms with E-state index < -0.39 is 35.3 Å². The van der Waals surface area contributed by atoms with E-state index >= 15 is 0 Å². The number of nitrogens with zero attached hydrogens (tertiary/aromatic N) is 8. The highest BCUT2D eigenvalue weighted by Crippen LogP contribution is 2.54. The predicted molar refractivity (Wildman–Crippen MR) is 178 cm³/mol. The zero-order chi connectivity index (χ0) is 34.3. The fraction of sp³-hybridized carbons (Fsp3) is 0.588. The number of aromatic nitrogens is 6. The van der Waals surface area contributed by atoms with Crippen LogP contribution in [0.25, 0.3) is 22.1 Å². The van der Waals surface area contributed by atoms with Gasteiger partial charge in [0, 0.05) is 61.9 Å². The highest BCUT2D eigenvalue weighted by Gasteiger charge is 2.63. The van der Waals surface area contributed by atoms with E-state index in [0.717, 1.165) is 60.3 Å². The number of aryl methyl sites for hydroxylation is 2. The zero-order valence-electron chi connectivity index (χ0n) is 28.2. The Hall–Kier alpha value is -3.70. The number of aliphatic hydroxyl groups is 3. The SMILES string of the molecule is CC[C@H]1O[C@@H](c2cn3c4c(ncnc24)N=CCC3)[C@]2(C)OC(C)(C)O[C@H]12.C[C@@]1(O)[C@H](O)[C@@H](CO)O[C@H]1c1cn2c3c(ncnc13)N=CCC2. The second-order valence-corrected chi connectivity index (χ2v) is 14.1. The Kier molecular flexibility index (Phi) is 7.75. The average Bonchev–Trinajstić information content (AvgIpc) is 3.72. The molecule has 4 aromatic heterocycles. The van der Waals surface area contributed by atoms with Gasteiger partial charge in [-0.2, -0.15) is 0 Å². The van der Waals surface area contributed by atoms with E-state index in [4.69, 9.17) is 18.9 Å². The van der Waals surface area contributed by atoms with Crippen LogP contribution in [-0.2, 0) is 32.0 Å². The van der Waals surface area contributed by atoms with Crippen molar-refractivity contribution in [3.05, 3.63) is 36.2 Å². The van der Waals surface area contributed by atoms with Crippen molar-refractivity contribution < 1.29 is 34.3 Å². The number of aliphatic imine (C=N–C) groups is 2. The van der Waals surface area contributed by atoms with Gasteiger partial charge in [-0.3, -0.25) is 0 Å². The summed E-state index contributed by atoms with van der Waals surface area (Å²) in [5, 5.41) is 30.2. The molecule has 260 valence electrons. The highest BCUT2D eigenvalue weighted by molar-refractivity contribution is 5.91. The minimum atomic E-state index is -1.52. The maximum absolute atomic E-state index is 10.7. The Morgan fingerprint density at radius 2 is 1.37 bits per heavy atom.